The predicted molar refractivity (Wildman–Crippen MR) is 106 cm³/mol. The quantitative estimate of drug-likeness (QED) is 0.583. The van der Waals surface area contributed by atoms with Crippen LogP contribution in [-0.4, -0.2) is 22.7 Å². The largest absolute Gasteiger partial charge is 0.321 e. The van der Waals surface area contributed by atoms with Gasteiger partial charge in [0.1, 0.15) is 0 Å². The van der Waals surface area contributed by atoms with Gasteiger partial charge in [-0.25, -0.2) is 22.0 Å². The molecule has 0 atom stereocenters. The summed E-state index contributed by atoms with van der Waals surface area (Å²) in [4.78, 5) is 12.0. The van der Waals surface area contributed by atoms with Crippen LogP contribution in [-0.2, 0) is 25.8 Å². The first kappa shape index (κ1) is 18.4. The lowest BCUT2D eigenvalue weighted by atomic mass is 10.1. The van der Waals surface area contributed by atoms with Crippen molar-refractivity contribution < 1.29 is 21.6 Å². The number of primary sulfonamides is 1. The summed E-state index contributed by atoms with van der Waals surface area (Å²) in [5.74, 6) is -0.607. The molecule has 1 aliphatic heterocycles. The maximum absolute atomic E-state index is 12.9. The molecule has 0 bridgehead atoms. The maximum Gasteiger partial charge on any atom is 0.262 e. The molecule has 144 valence electrons. The Kier molecular flexibility index (Phi) is 4.14. The molecule has 1 amide bonds. The van der Waals surface area contributed by atoms with Crippen molar-refractivity contribution in [2.45, 2.75) is 10.6 Å². The molecule has 1 aliphatic rings. The van der Waals surface area contributed by atoms with Crippen molar-refractivity contribution in [2.24, 2.45) is 5.14 Å². The van der Waals surface area contributed by atoms with Gasteiger partial charge in [-0.15, -0.1) is 0 Å². The molecule has 0 aliphatic carbocycles. The molecule has 28 heavy (non-hydrogen) atoms. The number of hydrogen-bond acceptors (Lipinski definition) is 5. The van der Waals surface area contributed by atoms with E-state index < -0.39 is 20.0 Å². The standard InChI is InChI=1S/C18H15N3O5S2/c19-27(23,24)10-11-4-6-12(7-5-11)21-28(25,26)16-9-8-15-17-13(16)2-1-3-14(17)18(22)20-15/h1-9,21H,10H2,(H,20,22)(H2,19,23,24). The van der Waals surface area contributed by atoms with Crippen LogP contribution in [0.1, 0.15) is 15.9 Å². The first-order valence-electron chi connectivity index (χ1n) is 8.13. The van der Waals surface area contributed by atoms with E-state index in [1.807, 2.05) is 0 Å². The van der Waals surface area contributed by atoms with Gasteiger partial charge >= 0.3 is 0 Å². The number of carbonyl (C=O) groups is 1. The zero-order chi connectivity index (χ0) is 20.1. The van der Waals surface area contributed by atoms with E-state index in [9.17, 15) is 21.6 Å². The molecular weight excluding hydrogens is 402 g/mol. The van der Waals surface area contributed by atoms with E-state index in [0.717, 1.165) is 0 Å². The molecule has 0 fully saturated rings. The van der Waals surface area contributed by atoms with Crippen molar-refractivity contribution in [3.63, 3.8) is 0 Å². The minimum atomic E-state index is -3.94. The van der Waals surface area contributed by atoms with Gasteiger partial charge < -0.3 is 5.32 Å². The minimum Gasteiger partial charge on any atom is -0.321 e. The second-order valence-corrected chi connectivity index (χ2v) is 9.67. The Morgan fingerprint density at radius 1 is 0.929 bits per heavy atom. The Balaban J connectivity index is 1.70. The van der Waals surface area contributed by atoms with E-state index in [2.05, 4.69) is 10.0 Å². The van der Waals surface area contributed by atoms with Crippen LogP contribution >= 0.6 is 0 Å². The topological polar surface area (TPSA) is 135 Å². The van der Waals surface area contributed by atoms with Gasteiger partial charge in [0, 0.05) is 27.7 Å². The average molecular weight is 417 g/mol. The Hall–Kier alpha value is -2.95. The molecule has 10 heteroatoms. The lowest BCUT2D eigenvalue weighted by Gasteiger charge is -2.12. The molecule has 0 spiro atoms. The van der Waals surface area contributed by atoms with Crippen LogP contribution < -0.4 is 15.2 Å². The van der Waals surface area contributed by atoms with Crippen LogP contribution in [0.15, 0.2) is 59.5 Å². The van der Waals surface area contributed by atoms with E-state index in [1.165, 1.54) is 30.3 Å². The average Bonchev–Trinajstić information content (AvgIpc) is 2.93. The second-order valence-electron chi connectivity index (χ2n) is 6.40. The van der Waals surface area contributed by atoms with Crippen molar-refractivity contribution in [3.8, 4) is 0 Å². The van der Waals surface area contributed by atoms with Gasteiger partial charge in [-0.1, -0.05) is 24.3 Å². The lowest BCUT2D eigenvalue weighted by molar-refractivity contribution is 0.103. The molecule has 1 heterocycles. The van der Waals surface area contributed by atoms with Crippen molar-refractivity contribution in [3.05, 3.63) is 65.7 Å². The van der Waals surface area contributed by atoms with Crippen LogP contribution in [0.25, 0.3) is 10.8 Å². The summed E-state index contributed by atoms with van der Waals surface area (Å²) in [6.07, 6.45) is 0. The molecular formula is C18H15N3O5S2. The van der Waals surface area contributed by atoms with Gasteiger partial charge in [0.2, 0.25) is 10.0 Å². The summed E-state index contributed by atoms with van der Waals surface area (Å²) in [6.45, 7) is 0. The number of sulfonamides is 2. The van der Waals surface area contributed by atoms with E-state index in [4.69, 9.17) is 5.14 Å². The van der Waals surface area contributed by atoms with Crippen LogP contribution in [0, 0.1) is 0 Å². The number of rotatable bonds is 5. The van der Waals surface area contributed by atoms with Crippen LogP contribution in [0.2, 0.25) is 0 Å². The molecule has 3 aromatic rings. The third kappa shape index (κ3) is 3.33. The summed E-state index contributed by atoms with van der Waals surface area (Å²) < 4.78 is 50.6. The lowest BCUT2D eigenvalue weighted by Crippen LogP contribution is -2.15. The van der Waals surface area contributed by atoms with Gasteiger partial charge in [-0.05, 0) is 35.9 Å². The van der Waals surface area contributed by atoms with Gasteiger partial charge in [0.25, 0.3) is 15.9 Å². The molecule has 0 saturated heterocycles. The number of hydrogen-bond donors (Lipinski definition) is 3. The third-order valence-corrected chi connectivity index (χ3v) is 6.53. The Morgan fingerprint density at radius 2 is 1.64 bits per heavy atom. The van der Waals surface area contributed by atoms with Gasteiger partial charge in [0.05, 0.1) is 10.6 Å². The van der Waals surface area contributed by atoms with E-state index in [0.29, 0.717) is 27.6 Å². The summed E-state index contributed by atoms with van der Waals surface area (Å²) in [6, 6.07) is 13.8. The number of anilines is 2. The summed E-state index contributed by atoms with van der Waals surface area (Å²) in [5, 5.41) is 8.72. The first-order chi connectivity index (χ1) is 13.1. The number of amides is 1. The number of benzene rings is 3. The highest BCUT2D eigenvalue weighted by atomic mass is 32.2. The number of nitrogens with two attached hydrogens (primary N) is 1. The molecule has 0 saturated carbocycles. The van der Waals surface area contributed by atoms with E-state index in [1.54, 1.807) is 24.3 Å². The number of nitrogens with one attached hydrogen (secondary N) is 2. The van der Waals surface area contributed by atoms with E-state index >= 15 is 0 Å². The fourth-order valence-corrected chi connectivity index (χ4v) is 5.13. The minimum absolute atomic E-state index is 0.0400. The fourth-order valence-electron chi connectivity index (χ4n) is 3.21. The molecule has 4 N–H and O–H groups in total. The van der Waals surface area contributed by atoms with Crippen LogP contribution in [0.3, 0.4) is 0 Å². The summed E-state index contributed by atoms with van der Waals surface area (Å²) >= 11 is 0. The van der Waals surface area contributed by atoms with Crippen molar-refractivity contribution in [1.82, 2.24) is 0 Å². The highest BCUT2D eigenvalue weighted by Gasteiger charge is 2.26. The van der Waals surface area contributed by atoms with Crippen molar-refractivity contribution in [1.29, 1.82) is 0 Å². The van der Waals surface area contributed by atoms with Gasteiger partial charge in [-0.3, -0.25) is 9.52 Å². The second kappa shape index (κ2) is 6.30. The monoisotopic (exact) mass is 417 g/mol. The third-order valence-electron chi connectivity index (χ3n) is 4.36. The molecule has 4 rings (SSSR count). The maximum atomic E-state index is 12.9. The molecule has 3 aromatic carbocycles. The van der Waals surface area contributed by atoms with Crippen LogP contribution in [0.4, 0.5) is 11.4 Å². The van der Waals surface area contributed by atoms with Crippen molar-refractivity contribution >= 4 is 48.1 Å². The molecule has 8 nitrogen and oxygen atoms in total. The Labute approximate surface area is 161 Å². The van der Waals surface area contributed by atoms with Crippen LogP contribution in [0.5, 0.6) is 0 Å². The van der Waals surface area contributed by atoms with E-state index in [-0.39, 0.29) is 22.2 Å². The molecule has 0 radical (unpaired) electrons. The predicted octanol–water partition coefficient (Wildman–Crippen LogP) is 1.99. The summed E-state index contributed by atoms with van der Waals surface area (Å²) in [7, 11) is -7.61. The highest BCUT2D eigenvalue weighted by molar-refractivity contribution is 7.93. The van der Waals surface area contributed by atoms with Gasteiger partial charge in [0.15, 0.2) is 0 Å². The smallest absolute Gasteiger partial charge is 0.262 e. The molecule has 0 aromatic heterocycles. The Bertz CT molecular complexity index is 1330. The fraction of sp³-hybridized carbons (Fsp3) is 0.0556. The Morgan fingerprint density at radius 3 is 2.32 bits per heavy atom. The van der Waals surface area contributed by atoms with Gasteiger partial charge in [-0.2, -0.15) is 0 Å². The molecule has 0 unspecified atom stereocenters. The zero-order valence-electron chi connectivity index (χ0n) is 14.3. The SMILES string of the molecule is NS(=O)(=O)Cc1ccc(NS(=O)(=O)c2ccc3c4c(cccc24)C(=O)N3)cc1. The zero-order valence-corrected chi connectivity index (χ0v) is 16.0. The first-order valence-corrected chi connectivity index (χ1v) is 11.3. The highest BCUT2D eigenvalue weighted by Crippen LogP contribution is 2.36. The normalized spacial score (nSPS) is 13.5. The summed E-state index contributed by atoms with van der Waals surface area (Å²) in [5.41, 5.74) is 1.72. The number of carbonyl (C=O) groups excluding carboxylic acids is 1. The van der Waals surface area contributed by atoms with Crippen molar-refractivity contribution in [2.75, 3.05) is 10.0 Å².